The molecule has 0 amide bonds. The standard InChI is InChI=1S/C14H9FN2O3/c1-17-12-4-8(2-3-13(12)20-14(17)19)9-5-16-6-11(15)10(9)7-18/h2-7H,1H3. The van der Waals surface area contributed by atoms with Crippen LogP contribution < -0.4 is 5.76 Å². The Morgan fingerprint density at radius 2 is 2.15 bits per heavy atom. The minimum atomic E-state index is -0.682. The largest absolute Gasteiger partial charge is 0.419 e. The van der Waals surface area contributed by atoms with Crippen molar-refractivity contribution in [2.24, 2.45) is 7.05 Å². The van der Waals surface area contributed by atoms with Crippen LogP contribution in [0.4, 0.5) is 4.39 Å². The highest BCUT2D eigenvalue weighted by atomic mass is 19.1. The summed E-state index contributed by atoms with van der Waals surface area (Å²) in [6, 6.07) is 4.91. The van der Waals surface area contributed by atoms with Gasteiger partial charge in [0.15, 0.2) is 17.7 Å². The molecule has 0 saturated heterocycles. The summed E-state index contributed by atoms with van der Waals surface area (Å²) in [6.07, 6.45) is 2.84. The average Bonchev–Trinajstić information content (AvgIpc) is 2.73. The normalized spacial score (nSPS) is 10.9. The van der Waals surface area contributed by atoms with E-state index in [4.69, 9.17) is 4.42 Å². The van der Waals surface area contributed by atoms with Crippen molar-refractivity contribution in [1.82, 2.24) is 9.55 Å². The van der Waals surface area contributed by atoms with E-state index in [9.17, 15) is 14.0 Å². The maximum absolute atomic E-state index is 13.6. The Morgan fingerprint density at radius 3 is 2.90 bits per heavy atom. The third-order valence-corrected chi connectivity index (χ3v) is 3.16. The number of benzene rings is 1. The quantitative estimate of drug-likeness (QED) is 0.670. The number of aromatic nitrogens is 2. The molecule has 2 heterocycles. The number of halogens is 1. The molecule has 5 nitrogen and oxygen atoms in total. The molecule has 0 N–H and O–H groups in total. The van der Waals surface area contributed by atoms with Gasteiger partial charge in [0.05, 0.1) is 17.3 Å². The Morgan fingerprint density at radius 1 is 1.35 bits per heavy atom. The second-order valence-corrected chi connectivity index (χ2v) is 4.31. The maximum Gasteiger partial charge on any atom is 0.419 e. The van der Waals surface area contributed by atoms with Gasteiger partial charge >= 0.3 is 5.76 Å². The van der Waals surface area contributed by atoms with Gasteiger partial charge in [-0.3, -0.25) is 14.3 Å². The van der Waals surface area contributed by atoms with Gasteiger partial charge < -0.3 is 4.42 Å². The zero-order valence-electron chi connectivity index (χ0n) is 10.5. The predicted octanol–water partition coefficient (Wildman–Crippen LogP) is 2.15. The van der Waals surface area contributed by atoms with E-state index in [1.54, 1.807) is 25.2 Å². The number of aryl methyl sites for hydroxylation is 1. The van der Waals surface area contributed by atoms with E-state index in [-0.39, 0.29) is 5.56 Å². The van der Waals surface area contributed by atoms with Gasteiger partial charge in [0.25, 0.3) is 0 Å². The SMILES string of the molecule is Cn1c(=O)oc2ccc(-c3cncc(F)c3C=O)cc21. The summed E-state index contributed by atoms with van der Waals surface area (Å²) in [5.74, 6) is -1.16. The van der Waals surface area contributed by atoms with Gasteiger partial charge in [-0.15, -0.1) is 0 Å². The lowest BCUT2D eigenvalue weighted by atomic mass is 10.0. The van der Waals surface area contributed by atoms with Crippen molar-refractivity contribution in [3.63, 3.8) is 0 Å². The molecular weight excluding hydrogens is 263 g/mol. The fourth-order valence-corrected chi connectivity index (χ4v) is 2.09. The molecule has 0 aliphatic carbocycles. The molecule has 1 aromatic carbocycles. The van der Waals surface area contributed by atoms with Crippen LogP contribution in [0, 0.1) is 5.82 Å². The maximum atomic E-state index is 13.6. The molecule has 0 unspecified atom stereocenters. The minimum absolute atomic E-state index is 0.0622. The third kappa shape index (κ3) is 1.73. The van der Waals surface area contributed by atoms with Gasteiger partial charge in [-0.05, 0) is 17.7 Å². The second-order valence-electron chi connectivity index (χ2n) is 4.31. The number of carbonyl (C=O) groups is 1. The molecule has 3 aromatic rings. The fraction of sp³-hybridized carbons (Fsp3) is 0.0714. The topological polar surface area (TPSA) is 65.1 Å². The van der Waals surface area contributed by atoms with Gasteiger partial charge in [0.1, 0.15) is 0 Å². The molecule has 0 bridgehead atoms. The van der Waals surface area contributed by atoms with Crippen LogP contribution in [-0.4, -0.2) is 15.8 Å². The first-order valence-corrected chi connectivity index (χ1v) is 5.80. The van der Waals surface area contributed by atoms with Gasteiger partial charge in [0, 0.05) is 18.8 Å². The number of pyridine rings is 1. The third-order valence-electron chi connectivity index (χ3n) is 3.16. The Hall–Kier alpha value is -2.76. The molecule has 100 valence electrons. The lowest BCUT2D eigenvalue weighted by Gasteiger charge is -2.05. The van der Waals surface area contributed by atoms with Gasteiger partial charge in [0.2, 0.25) is 0 Å². The van der Waals surface area contributed by atoms with Gasteiger partial charge in [-0.25, -0.2) is 9.18 Å². The number of oxazole rings is 1. The van der Waals surface area contributed by atoms with Crippen LogP contribution in [0.15, 0.2) is 39.8 Å². The van der Waals surface area contributed by atoms with Crippen LogP contribution in [0.2, 0.25) is 0 Å². The summed E-state index contributed by atoms with van der Waals surface area (Å²) in [7, 11) is 1.57. The van der Waals surface area contributed by atoms with E-state index in [1.165, 1.54) is 10.8 Å². The number of hydrogen-bond acceptors (Lipinski definition) is 4. The summed E-state index contributed by atoms with van der Waals surface area (Å²) in [6.45, 7) is 0. The summed E-state index contributed by atoms with van der Waals surface area (Å²) < 4.78 is 19.9. The highest BCUT2D eigenvalue weighted by Gasteiger charge is 2.13. The van der Waals surface area contributed by atoms with E-state index in [1.807, 2.05) is 0 Å². The lowest BCUT2D eigenvalue weighted by molar-refractivity contribution is 0.112. The van der Waals surface area contributed by atoms with E-state index in [2.05, 4.69) is 4.98 Å². The van der Waals surface area contributed by atoms with Crippen molar-refractivity contribution >= 4 is 17.4 Å². The van der Waals surface area contributed by atoms with Gasteiger partial charge in [-0.1, -0.05) is 6.07 Å². The summed E-state index contributed by atoms with van der Waals surface area (Å²) in [5, 5.41) is 0. The monoisotopic (exact) mass is 272 g/mol. The first kappa shape index (κ1) is 12.3. The van der Waals surface area contributed by atoms with Crippen LogP contribution in [0.1, 0.15) is 10.4 Å². The number of aldehydes is 1. The predicted molar refractivity (Wildman–Crippen MR) is 70.0 cm³/mol. The Balaban J connectivity index is 2.30. The molecule has 2 aromatic heterocycles. The second kappa shape index (κ2) is 4.41. The van der Waals surface area contributed by atoms with Crippen LogP contribution in [0.5, 0.6) is 0 Å². The fourth-order valence-electron chi connectivity index (χ4n) is 2.09. The molecular formula is C14H9FN2O3. The summed E-state index contributed by atoms with van der Waals surface area (Å²) in [4.78, 5) is 26.2. The molecule has 0 fully saturated rings. The first-order valence-electron chi connectivity index (χ1n) is 5.80. The molecule has 20 heavy (non-hydrogen) atoms. The number of fused-ring (bicyclic) bond motifs is 1. The van der Waals surface area contributed by atoms with E-state index in [0.717, 1.165) is 6.20 Å². The smallest absolute Gasteiger partial charge is 0.408 e. The summed E-state index contributed by atoms with van der Waals surface area (Å²) in [5.41, 5.74) is 1.89. The zero-order chi connectivity index (χ0) is 14.3. The molecule has 0 atom stereocenters. The number of carbonyl (C=O) groups excluding carboxylic acids is 1. The number of hydrogen-bond donors (Lipinski definition) is 0. The van der Waals surface area contributed by atoms with Crippen LogP contribution in [0.25, 0.3) is 22.2 Å². The lowest BCUT2D eigenvalue weighted by Crippen LogP contribution is -2.08. The minimum Gasteiger partial charge on any atom is -0.408 e. The van der Waals surface area contributed by atoms with Crippen molar-refractivity contribution in [3.8, 4) is 11.1 Å². The van der Waals surface area contributed by atoms with E-state index in [0.29, 0.717) is 28.5 Å². The van der Waals surface area contributed by atoms with Crippen molar-refractivity contribution in [3.05, 3.63) is 52.5 Å². The molecule has 0 saturated carbocycles. The van der Waals surface area contributed by atoms with Crippen molar-refractivity contribution in [2.45, 2.75) is 0 Å². The zero-order valence-corrected chi connectivity index (χ0v) is 10.5. The Labute approximate surface area is 112 Å². The van der Waals surface area contributed by atoms with Gasteiger partial charge in [-0.2, -0.15) is 0 Å². The average molecular weight is 272 g/mol. The Bertz CT molecular complexity index is 880. The molecule has 6 heteroatoms. The van der Waals surface area contributed by atoms with E-state index < -0.39 is 11.6 Å². The molecule has 0 aliphatic heterocycles. The molecule has 0 radical (unpaired) electrons. The van der Waals surface area contributed by atoms with Crippen LogP contribution >= 0.6 is 0 Å². The highest BCUT2D eigenvalue weighted by Crippen LogP contribution is 2.26. The van der Waals surface area contributed by atoms with Crippen molar-refractivity contribution in [2.75, 3.05) is 0 Å². The highest BCUT2D eigenvalue weighted by molar-refractivity contribution is 5.90. The summed E-state index contributed by atoms with van der Waals surface area (Å²) >= 11 is 0. The van der Waals surface area contributed by atoms with Crippen molar-refractivity contribution in [1.29, 1.82) is 0 Å². The number of nitrogens with zero attached hydrogens (tertiary/aromatic N) is 2. The van der Waals surface area contributed by atoms with Crippen molar-refractivity contribution < 1.29 is 13.6 Å². The van der Waals surface area contributed by atoms with Crippen LogP contribution in [0.3, 0.4) is 0 Å². The first-order chi connectivity index (χ1) is 9.61. The molecule has 3 rings (SSSR count). The van der Waals surface area contributed by atoms with Crippen LogP contribution in [-0.2, 0) is 7.05 Å². The molecule has 0 aliphatic rings. The number of rotatable bonds is 2. The molecule has 0 spiro atoms. The Kier molecular flexibility index (Phi) is 2.71. The van der Waals surface area contributed by atoms with E-state index >= 15 is 0 Å².